The number of benzene rings is 1. The van der Waals surface area contributed by atoms with Gasteiger partial charge in [0.1, 0.15) is 29.2 Å². The zero-order valence-corrected chi connectivity index (χ0v) is 25.9. The number of alkyl halides is 1. The third kappa shape index (κ3) is 6.40. The van der Waals surface area contributed by atoms with Crippen LogP contribution in [0.5, 0.6) is 11.6 Å². The van der Waals surface area contributed by atoms with Crippen molar-refractivity contribution in [2.45, 2.75) is 96.9 Å². The van der Waals surface area contributed by atoms with Crippen LogP contribution in [-0.2, 0) is 20.7 Å². The summed E-state index contributed by atoms with van der Waals surface area (Å²) in [5.74, 6) is -0.622. The van der Waals surface area contributed by atoms with E-state index in [1.807, 2.05) is 39.8 Å². The summed E-state index contributed by atoms with van der Waals surface area (Å²) in [5.41, 5.74) is 0.608. The Hall–Kier alpha value is -3.50. The summed E-state index contributed by atoms with van der Waals surface area (Å²) in [6, 6.07) is 3.35. The normalized spacial score (nSPS) is 30.2. The number of nitrogens with one attached hydrogen (secondary N) is 1. The van der Waals surface area contributed by atoms with Crippen LogP contribution in [0, 0.1) is 17.3 Å². The van der Waals surface area contributed by atoms with Gasteiger partial charge in [0.05, 0.1) is 43.3 Å². The Bertz CT molecular complexity index is 1400. The second-order valence-corrected chi connectivity index (χ2v) is 13.5. The Labute approximate surface area is 252 Å². The summed E-state index contributed by atoms with van der Waals surface area (Å²) in [6.07, 6.45) is 3.51. The van der Waals surface area contributed by atoms with Gasteiger partial charge in [0, 0.05) is 12.0 Å². The molecule has 1 N–H and O–H groups in total. The number of amides is 2. The van der Waals surface area contributed by atoms with Gasteiger partial charge in [0.25, 0.3) is 0 Å². The summed E-state index contributed by atoms with van der Waals surface area (Å²) in [4.78, 5) is 51.1. The number of nitrogens with zero attached hydrogens (tertiary/aromatic N) is 3. The van der Waals surface area contributed by atoms with Gasteiger partial charge in [0.2, 0.25) is 11.8 Å². The molecule has 2 amide bonds. The highest BCUT2D eigenvalue weighted by molar-refractivity contribution is 5.92. The second kappa shape index (κ2) is 11.9. The maximum absolute atomic E-state index is 14.7. The monoisotopic (exact) mass is 598 g/mol. The average Bonchev–Trinajstić information content (AvgIpc) is 3.41. The third-order valence-electron chi connectivity index (χ3n) is 9.17. The number of carbonyl (C=O) groups excluding carboxylic acids is 3. The van der Waals surface area contributed by atoms with Gasteiger partial charge in [0.15, 0.2) is 5.78 Å². The van der Waals surface area contributed by atoms with Crippen LogP contribution in [-0.4, -0.2) is 76.8 Å². The lowest BCUT2D eigenvalue weighted by molar-refractivity contribution is -0.141. The molecule has 0 spiro atoms. The molecular weight excluding hydrogens is 555 g/mol. The van der Waals surface area contributed by atoms with Crippen LogP contribution in [0.2, 0.25) is 0 Å². The number of hydrogen-bond donors (Lipinski definition) is 1. The fourth-order valence-electron chi connectivity index (χ4n) is 6.51. The number of aryl methyl sites for hydroxylation is 1. The molecule has 0 radical (unpaired) electrons. The van der Waals surface area contributed by atoms with Crippen molar-refractivity contribution >= 4 is 28.8 Å². The van der Waals surface area contributed by atoms with Gasteiger partial charge < -0.3 is 24.4 Å². The van der Waals surface area contributed by atoms with E-state index in [9.17, 15) is 18.8 Å². The number of alkyl carbamates (subject to hydrolysis) is 1. The van der Waals surface area contributed by atoms with E-state index in [-0.39, 0.29) is 24.1 Å². The Morgan fingerprint density at radius 2 is 1.95 bits per heavy atom. The lowest BCUT2D eigenvalue weighted by Gasteiger charge is -2.35. The Morgan fingerprint density at radius 3 is 2.63 bits per heavy atom. The van der Waals surface area contributed by atoms with Crippen LogP contribution in [0.15, 0.2) is 18.2 Å². The van der Waals surface area contributed by atoms with Crippen molar-refractivity contribution in [3.05, 3.63) is 23.9 Å². The summed E-state index contributed by atoms with van der Waals surface area (Å²) >= 11 is 0. The maximum Gasteiger partial charge on any atom is 0.408 e. The summed E-state index contributed by atoms with van der Waals surface area (Å²) < 4.78 is 32.3. The smallest absolute Gasteiger partial charge is 0.408 e. The molecule has 5 rings (SSSR count). The minimum absolute atomic E-state index is 0.0436. The molecule has 2 aliphatic heterocycles. The van der Waals surface area contributed by atoms with Crippen LogP contribution in [0.3, 0.4) is 0 Å². The number of hydrogen-bond acceptors (Lipinski definition) is 8. The highest BCUT2D eigenvalue weighted by Gasteiger charge is 2.54. The van der Waals surface area contributed by atoms with Crippen LogP contribution >= 0.6 is 0 Å². The first kappa shape index (κ1) is 30.9. The molecule has 43 heavy (non-hydrogen) atoms. The van der Waals surface area contributed by atoms with E-state index in [0.717, 1.165) is 32.1 Å². The predicted molar refractivity (Wildman–Crippen MR) is 158 cm³/mol. The average molecular weight is 599 g/mol. The van der Waals surface area contributed by atoms with Crippen molar-refractivity contribution in [1.29, 1.82) is 0 Å². The molecule has 2 fully saturated rings. The van der Waals surface area contributed by atoms with E-state index in [1.165, 1.54) is 11.8 Å². The molecule has 6 atom stereocenters. The molecule has 1 aliphatic carbocycles. The first-order valence-electron chi connectivity index (χ1n) is 15.2. The van der Waals surface area contributed by atoms with Gasteiger partial charge in [-0.25, -0.2) is 14.8 Å². The zero-order valence-electron chi connectivity index (χ0n) is 25.9. The number of ketones is 1. The molecule has 11 heteroatoms. The van der Waals surface area contributed by atoms with E-state index in [2.05, 4.69) is 5.32 Å². The molecule has 234 valence electrons. The highest BCUT2D eigenvalue weighted by Crippen LogP contribution is 2.49. The number of carbonyl (C=O) groups is 3. The zero-order chi connectivity index (χ0) is 31.1. The topological polar surface area (TPSA) is 120 Å². The second-order valence-electron chi connectivity index (χ2n) is 13.5. The number of Topliss-reactive ketones (excluding diaryl/α,β-unsaturated/α-hetero) is 1. The summed E-state index contributed by atoms with van der Waals surface area (Å²) in [6.45, 7) is 7.84. The highest BCUT2D eigenvalue weighted by atomic mass is 19.1. The van der Waals surface area contributed by atoms with Crippen LogP contribution in [0.1, 0.15) is 72.4 Å². The molecule has 1 aromatic heterocycles. The Morgan fingerprint density at radius 1 is 1.19 bits per heavy atom. The molecule has 1 saturated heterocycles. The van der Waals surface area contributed by atoms with Crippen LogP contribution in [0.25, 0.3) is 11.0 Å². The summed E-state index contributed by atoms with van der Waals surface area (Å²) in [5, 5.41) is 2.78. The summed E-state index contributed by atoms with van der Waals surface area (Å²) in [7, 11) is 1.57. The standard InChI is InChI=1S/C32H43FN4O6/c1-18(38)26-21(16-33)25-17-37(26)29(39)27(31(2,3)4)36-30(40)43-32(5)15-19(32)10-8-7-9-11-23-28(42-25)35-24-14-20(41-6)12-13-22(24)34-23/h12-14,19,21,25-27H,7-11,15-17H2,1-6H3,(H,36,40)/t19-,21-,25+,26-,27-,32-/m1/s1. The van der Waals surface area contributed by atoms with E-state index < -0.39 is 53.8 Å². The van der Waals surface area contributed by atoms with Gasteiger partial charge in [-0.1, -0.05) is 33.6 Å². The van der Waals surface area contributed by atoms with Gasteiger partial charge in [-0.05, 0) is 57.1 Å². The molecule has 3 heterocycles. The number of halogens is 1. The van der Waals surface area contributed by atoms with Crippen molar-refractivity contribution in [1.82, 2.24) is 20.2 Å². The lowest BCUT2D eigenvalue weighted by atomic mass is 9.85. The van der Waals surface area contributed by atoms with Crippen molar-refractivity contribution in [3.63, 3.8) is 0 Å². The number of rotatable bonds is 3. The van der Waals surface area contributed by atoms with Crippen LogP contribution < -0.4 is 14.8 Å². The first-order chi connectivity index (χ1) is 20.3. The fraction of sp³-hybridized carbons (Fsp3) is 0.656. The Balaban J connectivity index is 1.54. The van der Waals surface area contributed by atoms with Gasteiger partial charge in [-0.15, -0.1) is 0 Å². The van der Waals surface area contributed by atoms with Gasteiger partial charge in [-0.2, -0.15) is 0 Å². The van der Waals surface area contributed by atoms with Crippen molar-refractivity contribution in [2.24, 2.45) is 17.3 Å². The van der Waals surface area contributed by atoms with Crippen molar-refractivity contribution < 1.29 is 33.0 Å². The first-order valence-corrected chi connectivity index (χ1v) is 15.2. The van der Waals surface area contributed by atoms with Gasteiger partial charge in [-0.3, -0.25) is 14.0 Å². The fourth-order valence-corrected chi connectivity index (χ4v) is 6.51. The quantitative estimate of drug-likeness (QED) is 0.535. The molecule has 10 nitrogen and oxygen atoms in total. The molecule has 2 bridgehead atoms. The number of fused-ring (bicyclic) bond motifs is 5. The molecular formula is C32H43FN4O6. The van der Waals surface area contributed by atoms with E-state index in [0.29, 0.717) is 28.9 Å². The third-order valence-corrected chi connectivity index (χ3v) is 9.17. The SMILES string of the molecule is COc1ccc2nc3c(nc2c1)O[C@H]1CN(C(=O)[C@H](C(C)(C)C)NC(=O)O[C@]2(C)C[C@H]2CCCCC3)[C@H](C(C)=O)[C@@H]1CF. The minimum Gasteiger partial charge on any atom is -0.497 e. The maximum atomic E-state index is 14.7. The number of aromatic nitrogens is 2. The molecule has 1 aromatic carbocycles. The molecule has 2 aromatic rings. The molecule has 3 aliphatic rings. The van der Waals surface area contributed by atoms with Gasteiger partial charge >= 0.3 is 6.09 Å². The molecule has 0 unspecified atom stereocenters. The lowest BCUT2D eigenvalue weighted by Crippen LogP contribution is -2.57. The van der Waals surface area contributed by atoms with Crippen LogP contribution in [0.4, 0.5) is 9.18 Å². The predicted octanol–water partition coefficient (Wildman–Crippen LogP) is 4.81. The van der Waals surface area contributed by atoms with E-state index in [4.69, 9.17) is 24.2 Å². The number of methoxy groups -OCH3 is 1. The minimum atomic E-state index is -1.06. The van der Waals surface area contributed by atoms with E-state index in [1.54, 1.807) is 13.2 Å². The van der Waals surface area contributed by atoms with Crippen molar-refractivity contribution in [2.75, 3.05) is 20.3 Å². The largest absolute Gasteiger partial charge is 0.497 e. The Kier molecular flexibility index (Phi) is 8.55. The van der Waals surface area contributed by atoms with E-state index >= 15 is 0 Å². The molecule has 1 saturated carbocycles. The number of ether oxygens (including phenoxy) is 3. The van der Waals surface area contributed by atoms with Crippen molar-refractivity contribution in [3.8, 4) is 11.6 Å².